The number of benzene rings is 1. The molecule has 0 N–H and O–H groups in total. The van der Waals surface area contributed by atoms with Gasteiger partial charge < -0.3 is 0 Å². The molecule has 47 valence electrons. The number of hydrogen-bond acceptors (Lipinski definition) is 0. The third-order valence-electron chi connectivity index (χ3n) is 0.975. The van der Waals surface area contributed by atoms with Gasteiger partial charge in [0.2, 0.25) is 0 Å². The smallest absolute Gasteiger partial charge is 0.123 e. The summed E-state index contributed by atoms with van der Waals surface area (Å²) in [7, 11) is 0. The highest BCUT2D eigenvalue weighted by atomic mass is 35.5. The molecule has 0 heterocycles. The van der Waals surface area contributed by atoms with Crippen molar-refractivity contribution < 1.29 is 4.39 Å². The molecule has 0 fully saturated rings. The molecule has 0 aliphatic rings. The van der Waals surface area contributed by atoms with E-state index >= 15 is 0 Å². The van der Waals surface area contributed by atoms with Gasteiger partial charge in [-0.05, 0) is 17.7 Å². The van der Waals surface area contributed by atoms with E-state index in [2.05, 4.69) is 0 Å². The summed E-state index contributed by atoms with van der Waals surface area (Å²) in [4.78, 5) is 0. The third-order valence-corrected chi connectivity index (χ3v) is 1.23. The maximum absolute atomic E-state index is 12.3. The summed E-state index contributed by atoms with van der Waals surface area (Å²) in [5.41, 5.74) is 0.691. The van der Waals surface area contributed by atoms with Gasteiger partial charge in [0.25, 0.3) is 0 Å². The SMILES string of the molecule is Fc1cccc([CH]Cl)c1. The van der Waals surface area contributed by atoms with Crippen LogP contribution < -0.4 is 0 Å². The van der Waals surface area contributed by atoms with Crippen LogP contribution >= 0.6 is 11.6 Å². The molecule has 1 radical (unpaired) electrons. The van der Waals surface area contributed by atoms with E-state index in [1.165, 1.54) is 18.0 Å². The van der Waals surface area contributed by atoms with Crippen molar-refractivity contribution in [3.05, 3.63) is 41.5 Å². The highest BCUT2D eigenvalue weighted by molar-refractivity contribution is 6.25. The zero-order valence-electron chi connectivity index (χ0n) is 4.64. The predicted molar refractivity (Wildman–Crippen MR) is 35.7 cm³/mol. The van der Waals surface area contributed by atoms with E-state index in [9.17, 15) is 4.39 Å². The quantitative estimate of drug-likeness (QED) is 0.567. The van der Waals surface area contributed by atoms with Gasteiger partial charge in [-0.1, -0.05) is 12.1 Å². The van der Waals surface area contributed by atoms with Crippen molar-refractivity contribution in [2.75, 3.05) is 0 Å². The lowest BCUT2D eigenvalue weighted by Gasteiger charge is -1.90. The molecule has 1 rings (SSSR count). The summed E-state index contributed by atoms with van der Waals surface area (Å²) in [6.07, 6.45) is 0. The zero-order valence-corrected chi connectivity index (χ0v) is 5.40. The van der Waals surface area contributed by atoms with Crippen LogP contribution in [0.2, 0.25) is 0 Å². The molecule has 0 saturated heterocycles. The van der Waals surface area contributed by atoms with Gasteiger partial charge in [0.05, 0.1) is 5.88 Å². The van der Waals surface area contributed by atoms with E-state index in [1.807, 2.05) is 0 Å². The molecule has 9 heavy (non-hydrogen) atoms. The standard InChI is InChI=1S/C7H5ClF/c8-5-6-2-1-3-7(9)4-6/h1-5H. The molecule has 0 aliphatic carbocycles. The Morgan fingerprint density at radius 2 is 2.22 bits per heavy atom. The van der Waals surface area contributed by atoms with Crippen molar-refractivity contribution in [1.29, 1.82) is 0 Å². The Hall–Kier alpha value is -0.560. The van der Waals surface area contributed by atoms with E-state index in [0.29, 0.717) is 5.56 Å². The number of rotatable bonds is 1. The van der Waals surface area contributed by atoms with E-state index in [1.54, 1.807) is 12.1 Å². The molecule has 0 saturated carbocycles. The van der Waals surface area contributed by atoms with Crippen LogP contribution in [-0.4, -0.2) is 0 Å². The van der Waals surface area contributed by atoms with E-state index in [4.69, 9.17) is 11.6 Å². The fourth-order valence-electron chi connectivity index (χ4n) is 0.574. The lowest BCUT2D eigenvalue weighted by molar-refractivity contribution is 0.627. The molecule has 0 nitrogen and oxygen atoms in total. The first-order valence-electron chi connectivity index (χ1n) is 2.52. The van der Waals surface area contributed by atoms with Crippen molar-refractivity contribution in [2.45, 2.75) is 0 Å². The fraction of sp³-hybridized carbons (Fsp3) is 0. The highest BCUT2D eigenvalue weighted by Crippen LogP contribution is 2.06. The molecule has 1 aromatic carbocycles. The Balaban J connectivity index is 2.94. The Morgan fingerprint density at radius 1 is 1.44 bits per heavy atom. The first-order valence-corrected chi connectivity index (χ1v) is 2.95. The summed E-state index contributed by atoms with van der Waals surface area (Å²) < 4.78 is 12.3. The molecule has 0 bridgehead atoms. The van der Waals surface area contributed by atoms with Gasteiger partial charge >= 0.3 is 0 Å². The van der Waals surface area contributed by atoms with Crippen LogP contribution in [0.1, 0.15) is 5.56 Å². The second-order valence-electron chi connectivity index (χ2n) is 1.66. The van der Waals surface area contributed by atoms with Crippen LogP contribution in [0.5, 0.6) is 0 Å². The van der Waals surface area contributed by atoms with Crippen LogP contribution in [0.4, 0.5) is 4.39 Å². The molecule has 0 spiro atoms. The molecular formula is C7H5ClF. The van der Waals surface area contributed by atoms with Crippen LogP contribution in [-0.2, 0) is 0 Å². The van der Waals surface area contributed by atoms with Crippen LogP contribution in [0.15, 0.2) is 24.3 Å². The van der Waals surface area contributed by atoms with Crippen LogP contribution in [0.3, 0.4) is 0 Å². The van der Waals surface area contributed by atoms with Crippen molar-refractivity contribution in [3.63, 3.8) is 0 Å². The molecule has 0 aliphatic heterocycles. The minimum Gasteiger partial charge on any atom is -0.207 e. The van der Waals surface area contributed by atoms with Crippen molar-refractivity contribution >= 4 is 11.6 Å². The molecule has 0 amide bonds. The maximum Gasteiger partial charge on any atom is 0.123 e. The second-order valence-corrected chi connectivity index (χ2v) is 1.88. The minimum atomic E-state index is -0.260. The van der Waals surface area contributed by atoms with Crippen molar-refractivity contribution in [3.8, 4) is 0 Å². The maximum atomic E-state index is 12.3. The van der Waals surface area contributed by atoms with Gasteiger partial charge in [0.15, 0.2) is 0 Å². The Labute approximate surface area is 58.3 Å². The van der Waals surface area contributed by atoms with E-state index < -0.39 is 0 Å². The lowest BCUT2D eigenvalue weighted by atomic mass is 10.2. The highest BCUT2D eigenvalue weighted by Gasteiger charge is 1.90. The summed E-state index contributed by atoms with van der Waals surface area (Å²) in [5, 5.41) is 0. The molecular weight excluding hydrogens is 139 g/mol. The Bertz CT molecular complexity index is 198. The van der Waals surface area contributed by atoms with Crippen LogP contribution in [0.25, 0.3) is 0 Å². The zero-order chi connectivity index (χ0) is 6.69. The Morgan fingerprint density at radius 3 is 2.67 bits per heavy atom. The normalized spacial score (nSPS) is 9.56. The molecule has 1 aromatic rings. The molecule has 0 aromatic heterocycles. The Kier molecular flexibility index (Phi) is 2.06. The predicted octanol–water partition coefficient (Wildman–Crippen LogP) is 2.57. The summed E-state index contributed by atoms with van der Waals surface area (Å²) >= 11 is 5.31. The lowest BCUT2D eigenvalue weighted by Crippen LogP contribution is -1.76. The third kappa shape index (κ3) is 1.68. The molecule has 0 atom stereocenters. The largest absolute Gasteiger partial charge is 0.207 e. The topological polar surface area (TPSA) is 0 Å². The van der Waals surface area contributed by atoms with Crippen LogP contribution in [0, 0.1) is 11.7 Å². The average Bonchev–Trinajstić information content (AvgIpc) is 1.88. The minimum absolute atomic E-state index is 0.260. The van der Waals surface area contributed by atoms with Crippen molar-refractivity contribution in [2.24, 2.45) is 0 Å². The van der Waals surface area contributed by atoms with E-state index in [-0.39, 0.29) is 5.82 Å². The second kappa shape index (κ2) is 2.83. The number of halogens is 2. The van der Waals surface area contributed by atoms with Gasteiger partial charge in [0, 0.05) is 0 Å². The van der Waals surface area contributed by atoms with E-state index in [0.717, 1.165) is 0 Å². The van der Waals surface area contributed by atoms with Crippen molar-refractivity contribution in [1.82, 2.24) is 0 Å². The first-order chi connectivity index (χ1) is 4.33. The molecule has 0 unspecified atom stereocenters. The van der Waals surface area contributed by atoms with Gasteiger partial charge in [-0.2, -0.15) is 0 Å². The number of hydrogen-bond donors (Lipinski definition) is 0. The molecule has 2 heteroatoms. The summed E-state index contributed by atoms with van der Waals surface area (Å²) in [6.45, 7) is 0. The van der Waals surface area contributed by atoms with Gasteiger partial charge in [-0.25, -0.2) is 4.39 Å². The first kappa shape index (κ1) is 6.56. The monoisotopic (exact) mass is 143 g/mol. The van der Waals surface area contributed by atoms with Gasteiger partial charge in [-0.3, -0.25) is 0 Å². The average molecular weight is 144 g/mol. The van der Waals surface area contributed by atoms with Gasteiger partial charge in [0.1, 0.15) is 5.82 Å². The summed E-state index contributed by atoms with van der Waals surface area (Å²) in [6, 6.07) is 6.09. The summed E-state index contributed by atoms with van der Waals surface area (Å²) in [5.74, 6) is 1.08. The van der Waals surface area contributed by atoms with Gasteiger partial charge in [-0.15, -0.1) is 11.6 Å². The fourth-order valence-corrected chi connectivity index (χ4v) is 0.710.